The third kappa shape index (κ3) is 5.31. The average molecular weight is 361 g/mol. The van der Waals surface area contributed by atoms with Gasteiger partial charge in [0.2, 0.25) is 0 Å². The molecule has 4 rings (SSSR count). The minimum atomic E-state index is -0.995. The molecule has 0 spiro atoms. The third-order valence-electron chi connectivity index (χ3n) is 4.28. The van der Waals surface area contributed by atoms with Gasteiger partial charge in [-0.2, -0.15) is 0 Å². The van der Waals surface area contributed by atoms with Crippen LogP contribution in [0.2, 0.25) is 0 Å². The van der Waals surface area contributed by atoms with Crippen LogP contribution in [0.4, 0.5) is 0 Å². The topological polar surface area (TPSA) is 56.7 Å². The first-order chi connectivity index (χ1) is 13.1. The maximum atomic E-state index is 10.6. The molecule has 5 nitrogen and oxygen atoms in total. The van der Waals surface area contributed by atoms with Crippen molar-refractivity contribution < 1.29 is 9.90 Å². The van der Waals surface area contributed by atoms with Gasteiger partial charge in [0, 0.05) is 31.4 Å². The summed E-state index contributed by atoms with van der Waals surface area (Å²) in [5.74, 6) is -0.995. The minimum absolute atomic E-state index is 0.0821. The molecule has 5 heteroatoms. The van der Waals surface area contributed by atoms with E-state index in [2.05, 4.69) is 64.6 Å². The highest BCUT2D eigenvalue weighted by molar-refractivity contribution is 5.89. The van der Waals surface area contributed by atoms with E-state index < -0.39 is 5.97 Å². The fourth-order valence-electron chi connectivity index (χ4n) is 2.84. The summed E-state index contributed by atoms with van der Waals surface area (Å²) in [5.41, 5.74) is 2.21. The molecular formula is C22H23N3O2. The highest BCUT2D eigenvalue weighted by atomic mass is 16.4. The summed E-state index contributed by atoms with van der Waals surface area (Å²) >= 11 is 0. The first-order valence-corrected chi connectivity index (χ1v) is 8.87. The first-order valence-electron chi connectivity index (χ1n) is 8.87. The Morgan fingerprint density at radius 3 is 2.44 bits per heavy atom. The number of nitrogens with zero attached hydrogens (tertiary/aromatic N) is 3. The monoisotopic (exact) mass is 361 g/mol. The van der Waals surface area contributed by atoms with Crippen LogP contribution in [-0.4, -0.2) is 46.1 Å². The Morgan fingerprint density at radius 2 is 1.74 bits per heavy atom. The molecule has 2 heterocycles. The second kappa shape index (κ2) is 8.85. The lowest BCUT2D eigenvalue weighted by Gasteiger charge is -2.17. The van der Waals surface area contributed by atoms with Crippen molar-refractivity contribution in [3.63, 3.8) is 0 Å². The van der Waals surface area contributed by atoms with Crippen molar-refractivity contribution in [2.45, 2.75) is 6.42 Å². The number of rotatable bonds is 4. The lowest BCUT2D eigenvalue weighted by atomic mass is 10.1. The van der Waals surface area contributed by atoms with E-state index in [4.69, 9.17) is 5.11 Å². The molecule has 0 amide bonds. The number of hydrogen-bond acceptors (Lipinski definition) is 4. The molecule has 0 saturated heterocycles. The van der Waals surface area contributed by atoms with Gasteiger partial charge < -0.3 is 14.9 Å². The Bertz CT molecular complexity index is 925. The fraction of sp³-hybridized carbons (Fsp3) is 0.182. The SMILES string of the molecule is CN1C=CN(CCc2ccccc2)C1.O=C(O)c1ccc2ccccc2n1. The molecule has 1 aliphatic rings. The molecule has 1 aromatic heterocycles. The number of carboxylic acids is 1. The van der Waals surface area contributed by atoms with Crippen molar-refractivity contribution >= 4 is 16.9 Å². The van der Waals surface area contributed by atoms with Crippen LogP contribution >= 0.6 is 0 Å². The molecule has 0 atom stereocenters. The van der Waals surface area contributed by atoms with E-state index in [0.29, 0.717) is 5.52 Å². The Kier molecular flexibility index (Phi) is 6.05. The average Bonchev–Trinajstić information content (AvgIpc) is 3.12. The number of aromatic carboxylic acids is 1. The Balaban J connectivity index is 0.000000156. The molecule has 0 unspecified atom stereocenters. The zero-order valence-corrected chi connectivity index (χ0v) is 15.3. The first kappa shape index (κ1) is 18.5. The maximum absolute atomic E-state index is 10.6. The van der Waals surface area contributed by atoms with Gasteiger partial charge in [-0.25, -0.2) is 9.78 Å². The van der Waals surface area contributed by atoms with Gasteiger partial charge in [-0.3, -0.25) is 0 Å². The van der Waals surface area contributed by atoms with E-state index in [9.17, 15) is 4.79 Å². The van der Waals surface area contributed by atoms with Crippen molar-refractivity contribution in [2.75, 3.05) is 20.3 Å². The van der Waals surface area contributed by atoms with E-state index in [0.717, 1.165) is 25.0 Å². The fourth-order valence-corrected chi connectivity index (χ4v) is 2.84. The molecule has 0 saturated carbocycles. The van der Waals surface area contributed by atoms with Crippen LogP contribution in [0, 0.1) is 0 Å². The van der Waals surface area contributed by atoms with Gasteiger partial charge in [0.05, 0.1) is 12.2 Å². The number of pyridine rings is 1. The van der Waals surface area contributed by atoms with Crippen LogP contribution in [-0.2, 0) is 6.42 Å². The standard InChI is InChI=1S/C12H16N2.C10H7NO2/c1-13-9-10-14(11-13)8-7-12-5-3-2-4-6-12;12-10(13)9-6-5-7-3-1-2-4-8(7)11-9/h2-6,9-10H,7-8,11H2,1H3;1-6H,(H,12,13). The summed E-state index contributed by atoms with van der Waals surface area (Å²) in [6.07, 6.45) is 5.40. The summed E-state index contributed by atoms with van der Waals surface area (Å²) in [5, 5.41) is 9.63. The zero-order valence-electron chi connectivity index (χ0n) is 15.3. The van der Waals surface area contributed by atoms with E-state index in [1.54, 1.807) is 12.1 Å². The lowest BCUT2D eigenvalue weighted by Crippen LogP contribution is -2.24. The van der Waals surface area contributed by atoms with Gasteiger partial charge >= 0.3 is 5.97 Å². The Morgan fingerprint density at radius 1 is 1.00 bits per heavy atom. The van der Waals surface area contributed by atoms with E-state index in [1.807, 2.05) is 18.2 Å². The van der Waals surface area contributed by atoms with Crippen LogP contribution in [0.25, 0.3) is 10.9 Å². The van der Waals surface area contributed by atoms with Crippen LogP contribution in [0.1, 0.15) is 16.1 Å². The lowest BCUT2D eigenvalue weighted by molar-refractivity contribution is 0.0691. The van der Waals surface area contributed by atoms with Gasteiger partial charge in [0.15, 0.2) is 0 Å². The van der Waals surface area contributed by atoms with Crippen molar-refractivity contribution in [3.8, 4) is 0 Å². The van der Waals surface area contributed by atoms with Crippen molar-refractivity contribution in [1.82, 2.24) is 14.8 Å². The van der Waals surface area contributed by atoms with Gasteiger partial charge in [-0.1, -0.05) is 54.6 Å². The molecular weight excluding hydrogens is 338 g/mol. The smallest absolute Gasteiger partial charge is 0.354 e. The van der Waals surface area contributed by atoms with Crippen molar-refractivity contribution in [3.05, 3.63) is 90.4 Å². The predicted octanol–water partition coefficient (Wildman–Crippen LogP) is 3.84. The van der Waals surface area contributed by atoms with Gasteiger partial charge in [0.25, 0.3) is 0 Å². The summed E-state index contributed by atoms with van der Waals surface area (Å²) in [4.78, 5) is 19.1. The van der Waals surface area contributed by atoms with E-state index in [1.165, 1.54) is 11.6 Å². The molecule has 2 aromatic carbocycles. The summed E-state index contributed by atoms with van der Waals surface area (Å²) in [6.45, 7) is 2.12. The Hall–Kier alpha value is -3.34. The van der Waals surface area contributed by atoms with Crippen molar-refractivity contribution in [2.24, 2.45) is 0 Å². The second-order valence-corrected chi connectivity index (χ2v) is 6.44. The molecule has 3 aromatic rings. The molecule has 0 bridgehead atoms. The molecule has 0 fully saturated rings. The number of carbonyl (C=O) groups is 1. The second-order valence-electron chi connectivity index (χ2n) is 6.44. The zero-order chi connectivity index (χ0) is 19.1. The highest BCUT2D eigenvalue weighted by Gasteiger charge is 2.07. The molecule has 27 heavy (non-hydrogen) atoms. The quantitative estimate of drug-likeness (QED) is 0.765. The maximum Gasteiger partial charge on any atom is 0.354 e. The number of para-hydroxylation sites is 1. The molecule has 1 N–H and O–H groups in total. The summed E-state index contributed by atoms with van der Waals surface area (Å²) < 4.78 is 0. The minimum Gasteiger partial charge on any atom is -0.477 e. The summed E-state index contributed by atoms with van der Waals surface area (Å²) in [7, 11) is 2.10. The van der Waals surface area contributed by atoms with E-state index >= 15 is 0 Å². The normalized spacial score (nSPS) is 12.8. The number of fused-ring (bicyclic) bond motifs is 1. The number of aromatic nitrogens is 1. The Labute approximate surface area is 159 Å². The van der Waals surface area contributed by atoms with Crippen molar-refractivity contribution in [1.29, 1.82) is 0 Å². The number of carboxylic acid groups (broad SMARTS) is 1. The highest BCUT2D eigenvalue weighted by Crippen LogP contribution is 2.11. The van der Waals surface area contributed by atoms with Crippen LogP contribution in [0.15, 0.2) is 79.1 Å². The largest absolute Gasteiger partial charge is 0.477 e. The predicted molar refractivity (Wildman–Crippen MR) is 107 cm³/mol. The molecule has 0 radical (unpaired) electrons. The van der Waals surface area contributed by atoms with Gasteiger partial charge in [-0.05, 0) is 24.1 Å². The number of benzene rings is 2. The van der Waals surface area contributed by atoms with E-state index in [-0.39, 0.29) is 5.69 Å². The summed E-state index contributed by atoms with van der Waals surface area (Å²) in [6, 6.07) is 21.3. The number of hydrogen-bond donors (Lipinski definition) is 1. The van der Waals surface area contributed by atoms with Crippen LogP contribution < -0.4 is 0 Å². The van der Waals surface area contributed by atoms with Gasteiger partial charge in [-0.15, -0.1) is 0 Å². The molecule has 0 aliphatic carbocycles. The molecule has 1 aliphatic heterocycles. The van der Waals surface area contributed by atoms with Crippen LogP contribution in [0.5, 0.6) is 0 Å². The van der Waals surface area contributed by atoms with Crippen LogP contribution in [0.3, 0.4) is 0 Å². The third-order valence-corrected chi connectivity index (χ3v) is 4.28. The molecule has 138 valence electrons. The van der Waals surface area contributed by atoms with Gasteiger partial charge in [0.1, 0.15) is 5.69 Å².